The zero-order chi connectivity index (χ0) is 22.2. The van der Waals surface area contributed by atoms with Crippen molar-refractivity contribution in [2.75, 3.05) is 26.1 Å². The van der Waals surface area contributed by atoms with Gasteiger partial charge >= 0.3 is 5.97 Å². The molecule has 31 heavy (non-hydrogen) atoms. The molecule has 0 fully saturated rings. The summed E-state index contributed by atoms with van der Waals surface area (Å²) in [6.45, 7) is 2.47. The highest BCUT2D eigenvalue weighted by Crippen LogP contribution is 2.27. The second-order valence-electron chi connectivity index (χ2n) is 6.97. The van der Waals surface area contributed by atoms with E-state index in [4.69, 9.17) is 21.1 Å². The first-order chi connectivity index (χ1) is 15.0. The molecule has 1 heterocycles. The van der Waals surface area contributed by atoms with Crippen LogP contribution in [-0.4, -0.2) is 53.5 Å². The van der Waals surface area contributed by atoms with Gasteiger partial charge in [0.05, 0.1) is 29.9 Å². The van der Waals surface area contributed by atoms with E-state index in [-0.39, 0.29) is 24.3 Å². The molecule has 0 spiro atoms. The van der Waals surface area contributed by atoms with E-state index >= 15 is 0 Å². The Kier molecular flexibility index (Phi) is 8.34. The fourth-order valence-electron chi connectivity index (χ4n) is 3.03. The fourth-order valence-corrected chi connectivity index (χ4v) is 4.01. The predicted octanol–water partition coefficient (Wildman–Crippen LogP) is 3.52. The zero-order valence-electron chi connectivity index (χ0n) is 17.3. The number of amides is 1. The van der Waals surface area contributed by atoms with Crippen molar-refractivity contribution in [2.24, 2.45) is 0 Å². The molecule has 164 valence electrons. The van der Waals surface area contributed by atoms with Gasteiger partial charge in [0.2, 0.25) is 0 Å². The minimum atomic E-state index is -0.490. The number of hydrogen-bond donors (Lipinski definition) is 1. The van der Waals surface area contributed by atoms with Crippen molar-refractivity contribution in [1.82, 2.24) is 14.9 Å². The third-order valence-electron chi connectivity index (χ3n) is 4.37. The molecular formula is C22H24ClN3O4S. The largest absolute Gasteiger partial charge is 0.455 e. The average molecular weight is 462 g/mol. The number of esters is 1. The summed E-state index contributed by atoms with van der Waals surface area (Å²) >= 11 is 7.38. The van der Waals surface area contributed by atoms with Crippen molar-refractivity contribution >= 4 is 46.3 Å². The van der Waals surface area contributed by atoms with Gasteiger partial charge in [-0.15, -0.1) is 0 Å². The zero-order valence-corrected chi connectivity index (χ0v) is 18.9. The fraction of sp³-hybridized carbons (Fsp3) is 0.318. The molecule has 7 nitrogen and oxygen atoms in total. The van der Waals surface area contributed by atoms with Crippen molar-refractivity contribution < 1.29 is 19.1 Å². The average Bonchev–Trinajstić information content (AvgIpc) is 3.08. The molecule has 0 aliphatic heterocycles. The number of benzene rings is 2. The van der Waals surface area contributed by atoms with Crippen LogP contribution in [0.15, 0.2) is 53.7 Å². The second kappa shape index (κ2) is 11.2. The number of imidazole rings is 1. The quantitative estimate of drug-likeness (QED) is 0.367. The Morgan fingerprint density at radius 2 is 2.00 bits per heavy atom. The van der Waals surface area contributed by atoms with E-state index < -0.39 is 5.97 Å². The van der Waals surface area contributed by atoms with Crippen molar-refractivity contribution in [3.63, 3.8) is 0 Å². The molecule has 3 aromatic rings. The summed E-state index contributed by atoms with van der Waals surface area (Å²) in [4.78, 5) is 28.6. The number of hydrogen-bond acceptors (Lipinski definition) is 6. The van der Waals surface area contributed by atoms with Crippen molar-refractivity contribution in [3.05, 3.63) is 59.1 Å². The van der Waals surface area contributed by atoms with Crippen molar-refractivity contribution in [1.29, 1.82) is 0 Å². The summed E-state index contributed by atoms with van der Waals surface area (Å²) in [6, 6.07) is 15.4. The third kappa shape index (κ3) is 6.72. The molecule has 1 amide bonds. The van der Waals surface area contributed by atoms with Crippen LogP contribution in [-0.2, 0) is 25.6 Å². The maximum Gasteiger partial charge on any atom is 0.316 e. The molecule has 2 aromatic carbocycles. The Hall–Kier alpha value is -2.55. The molecule has 0 aliphatic rings. The molecule has 1 atom stereocenters. The molecule has 1 aromatic heterocycles. The monoisotopic (exact) mass is 461 g/mol. The summed E-state index contributed by atoms with van der Waals surface area (Å²) < 4.78 is 12.1. The summed E-state index contributed by atoms with van der Waals surface area (Å²) in [5.41, 5.74) is 2.80. The topological polar surface area (TPSA) is 82.4 Å². The van der Waals surface area contributed by atoms with Crippen LogP contribution in [0.25, 0.3) is 11.0 Å². The van der Waals surface area contributed by atoms with Crippen molar-refractivity contribution in [3.8, 4) is 0 Å². The SMILES string of the molecule is COCC(C)NC(=O)COC(=O)CSc1nc2cc(Cl)ccc2n1Cc1ccccc1. The second-order valence-corrected chi connectivity index (χ2v) is 8.35. The Morgan fingerprint density at radius 3 is 2.74 bits per heavy atom. The van der Waals surface area contributed by atoms with E-state index in [1.807, 2.05) is 54.0 Å². The molecule has 9 heteroatoms. The maximum atomic E-state index is 12.2. The lowest BCUT2D eigenvalue weighted by Crippen LogP contribution is -2.38. The minimum Gasteiger partial charge on any atom is -0.455 e. The molecular weight excluding hydrogens is 438 g/mol. The van der Waals surface area contributed by atoms with Crippen molar-refractivity contribution in [2.45, 2.75) is 24.7 Å². The number of ether oxygens (including phenoxy) is 2. The Labute approximate surface area is 190 Å². The van der Waals surface area contributed by atoms with Crippen LogP contribution in [0.5, 0.6) is 0 Å². The maximum absolute atomic E-state index is 12.2. The van der Waals surface area contributed by atoms with Crippen LogP contribution in [0.3, 0.4) is 0 Å². The van der Waals surface area contributed by atoms with Gasteiger partial charge in [-0.3, -0.25) is 9.59 Å². The van der Waals surface area contributed by atoms with Gasteiger partial charge in [-0.25, -0.2) is 4.98 Å². The van der Waals surface area contributed by atoms with Gasteiger partial charge in [-0.1, -0.05) is 53.7 Å². The first-order valence-corrected chi connectivity index (χ1v) is 11.1. The van der Waals surface area contributed by atoms with Crippen LogP contribution < -0.4 is 5.32 Å². The van der Waals surface area contributed by atoms with E-state index in [1.165, 1.54) is 11.8 Å². The molecule has 1 unspecified atom stereocenters. The summed E-state index contributed by atoms with van der Waals surface area (Å²) in [5, 5.41) is 3.97. The van der Waals surface area contributed by atoms with Gasteiger partial charge in [0, 0.05) is 18.2 Å². The van der Waals surface area contributed by atoms with E-state index in [2.05, 4.69) is 10.3 Å². The predicted molar refractivity (Wildman–Crippen MR) is 121 cm³/mol. The summed E-state index contributed by atoms with van der Waals surface area (Å²) in [6.07, 6.45) is 0. The Morgan fingerprint density at radius 1 is 1.23 bits per heavy atom. The number of aromatic nitrogens is 2. The van der Waals surface area contributed by atoms with E-state index in [9.17, 15) is 9.59 Å². The first-order valence-electron chi connectivity index (χ1n) is 9.72. The van der Waals surface area contributed by atoms with Crippen LogP contribution in [0.2, 0.25) is 5.02 Å². The molecule has 0 aliphatic carbocycles. The molecule has 3 rings (SSSR count). The number of nitrogens with one attached hydrogen (secondary N) is 1. The number of carbonyl (C=O) groups excluding carboxylic acids is 2. The van der Waals surface area contributed by atoms with Gasteiger partial charge in [-0.2, -0.15) is 0 Å². The molecule has 0 radical (unpaired) electrons. The van der Waals surface area contributed by atoms with Crippen LogP contribution in [0.1, 0.15) is 12.5 Å². The standard InChI is InChI=1S/C22H24ClN3O4S/c1-15(12-29-2)24-20(27)13-30-21(28)14-31-22-25-18-10-17(23)8-9-19(18)26(22)11-16-6-4-3-5-7-16/h3-10,15H,11-14H2,1-2H3,(H,24,27). The Bertz CT molecular complexity index is 1040. The van der Waals surface area contributed by atoms with Crippen LogP contribution >= 0.6 is 23.4 Å². The highest BCUT2D eigenvalue weighted by Gasteiger charge is 2.16. The van der Waals surface area contributed by atoms with Gasteiger partial charge in [-0.05, 0) is 30.7 Å². The smallest absolute Gasteiger partial charge is 0.316 e. The third-order valence-corrected chi connectivity index (χ3v) is 5.55. The highest BCUT2D eigenvalue weighted by molar-refractivity contribution is 7.99. The molecule has 0 bridgehead atoms. The number of nitrogens with zero attached hydrogens (tertiary/aromatic N) is 2. The minimum absolute atomic E-state index is 0.0345. The van der Waals surface area contributed by atoms with Gasteiger partial charge < -0.3 is 19.4 Å². The number of rotatable bonds is 10. The highest BCUT2D eigenvalue weighted by atomic mass is 35.5. The lowest BCUT2D eigenvalue weighted by Gasteiger charge is -2.12. The van der Waals surface area contributed by atoms with Gasteiger partial charge in [0.25, 0.3) is 5.91 Å². The van der Waals surface area contributed by atoms with Gasteiger partial charge in [0.1, 0.15) is 0 Å². The molecule has 1 N–H and O–H groups in total. The number of fused-ring (bicyclic) bond motifs is 1. The first kappa shape index (κ1) is 23.1. The van der Waals surface area contributed by atoms with E-state index in [0.717, 1.165) is 16.6 Å². The number of methoxy groups -OCH3 is 1. The molecule has 0 saturated heterocycles. The Balaban J connectivity index is 1.64. The number of thioether (sulfide) groups is 1. The number of carbonyl (C=O) groups is 2. The van der Waals surface area contributed by atoms with Gasteiger partial charge in [0.15, 0.2) is 11.8 Å². The van der Waals surface area contributed by atoms with Crippen LogP contribution in [0.4, 0.5) is 0 Å². The van der Waals surface area contributed by atoms with E-state index in [0.29, 0.717) is 23.3 Å². The lowest BCUT2D eigenvalue weighted by molar-refractivity contribution is -0.146. The normalized spacial score (nSPS) is 12.0. The summed E-state index contributed by atoms with van der Waals surface area (Å²) in [7, 11) is 1.55. The lowest BCUT2D eigenvalue weighted by atomic mass is 10.2. The summed E-state index contributed by atoms with van der Waals surface area (Å²) in [5.74, 6) is -0.822. The van der Waals surface area contributed by atoms with Crippen LogP contribution in [0, 0.1) is 0 Å². The molecule has 0 saturated carbocycles. The van der Waals surface area contributed by atoms with E-state index in [1.54, 1.807) is 13.2 Å². The number of halogens is 1.